The van der Waals surface area contributed by atoms with Crippen molar-refractivity contribution in [3.63, 3.8) is 0 Å². The van der Waals surface area contributed by atoms with Crippen LogP contribution in [0.15, 0.2) is 11.2 Å². The van der Waals surface area contributed by atoms with Gasteiger partial charge in [-0.3, -0.25) is 0 Å². The average Bonchev–Trinajstić information content (AvgIpc) is 2.68. The van der Waals surface area contributed by atoms with Crippen molar-refractivity contribution < 1.29 is 16.8 Å². The number of hydrogen-bond acceptors (Lipinski definition) is 5. The number of aromatic nitrogens is 2. The van der Waals surface area contributed by atoms with Crippen LogP contribution in [0.1, 0.15) is 12.2 Å². The molecule has 2 rings (SSSR count). The van der Waals surface area contributed by atoms with E-state index in [1.165, 1.54) is 28.9 Å². The minimum atomic E-state index is -3.71. The Labute approximate surface area is 137 Å². The van der Waals surface area contributed by atoms with E-state index >= 15 is 0 Å². The van der Waals surface area contributed by atoms with Crippen molar-refractivity contribution in [2.45, 2.75) is 18.4 Å². The van der Waals surface area contributed by atoms with Gasteiger partial charge in [0.1, 0.15) is 5.82 Å². The second-order valence-electron chi connectivity index (χ2n) is 5.68. The highest BCUT2D eigenvalue weighted by Gasteiger charge is 2.32. The molecule has 1 saturated heterocycles. The van der Waals surface area contributed by atoms with Crippen molar-refractivity contribution in [2.75, 3.05) is 40.3 Å². The van der Waals surface area contributed by atoms with Crippen LogP contribution in [-0.2, 0) is 27.3 Å². The van der Waals surface area contributed by atoms with Gasteiger partial charge in [-0.25, -0.2) is 13.4 Å². The normalized spacial score (nSPS) is 19.2. The van der Waals surface area contributed by atoms with E-state index in [1.807, 2.05) is 0 Å². The first-order chi connectivity index (χ1) is 10.6. The largest absolute Gasteiger partial charge is 0.337 e. The predicted octanol–water partition coefficient (Wildman–Crippen LogP) is -0.769. The molecule has 0 bridgehead atoms. The first kappa shape index (κ1) is 18.3. The molecule has 1 aliphatic heterocycles. The summed E-state index contributed by atoms with van der Waals surface area (Å²) >= 11 is 0. The zero-order valence-electron chi connectivity index (χ0n) is 13.8. The smallest absolute Gasteiger partial charge is 0.281 e. The molecular weight excluding hydrogens is 342 g/mol. The van der Waals surface area contributed by atoms with Gasteiger partial charge < -0.3 is 4.57 Å². The molecule has 0 saturated carbocycles. The quantitative estimate of drug-likeness (QED) is 0.698. The van der Waals surface area contributed by atoms with E-state index in [4.69, 9.17) is 0 Å². The number of imidazole rings is 1. The molecule has 0 aromatic carbocycles. The van der Waals surface area contributed by atoms with Gasteiger partial charge in [0.2, 0.25) is 0 Å². The van der Waals surface area contributed by atoms with Crippen molar-refractivity contribution in [2.24, 2.45) is 7.05 Å². The molecule has 132 valence electrons. The Morgan fingerprint density at radius 3 is 2.13 bits per heavy atom. The van der Waals surface area contributed by atoms with Crippen LogP contribution in [0.5, 0.6) is 0 Å². The molecule has 0 N–H and O–H groups in total. The highest BCUT2D eigenvalue weighted by atomic mass is 32.2. The van der Waals surface area contributed by atoms with Crippen LogP contribution in [0.3, 0.4) is 0 Å². The fourth-order valence-corrected chi connectivity index (χ4v) is 4.98. The molecule has 0 aliphatic carbocycles. The van der Waals surface area contributed by atoms with Crippen molar-refractivity contribution >= 4 is 20.2 Å². The summed E-state index contributed by atoms with van der Waals surface area (Å²) in [6.07, 6.45) is 1.92. The van der Waals surface area contributed by atoms with E-state index in [-0.39, 0.29) is 24.7 Å². The van der Waals surface area contributed by atoms with E-state index in [1.54, 1.807) is 18.5 Å². The van der Waals surface area contributed by atoms with Gasteiger partial charge in [-0.1, -0.05) is 0 Å². The fraction of sp³-hybridized carbons (Fsp3) is 0.750. The lowest BCUT2D eigenvalue weighted by Crippen LogP contribution is -2.42. The highest BCUT2D eigenvalue weighted by molar-refractivity contribution is 7.89. The van der Waals surface area contributed by atoms with Gasteiger partial charge in [0, 0.05) is 53.5 Å². The summed E-state index contributed by atoms with van der Waals surface area (Å²) in [6.45, 7) is 2.55. The van der Waals surface area contributed by atoms with Crippen LogP contribution < -0.4 is 0 Å². The number of hydrogen-bond donors (Lipinski definition) is 0. The third kappa shape index (κ3) is 3.58. The SMILES string of the molecule is Cc1nc(S(=O)(=O)N2CCCN(S(=O)(=O)N(C)C)CC2)cn1C. The van der Waals surface area contributed by atoms with Gasteiger partial charge >= 0.3 is 0 Å². The molecule has 0 unspecified atom stereocenters. The predicted molar refractivity (Wildman–Crippen MR) is 85.5 cm³/mol. The summed E-state index contributed by atoms with van der Waals surface area (Å²) in [6, 6.07) is 0. The van der Waals surface area contributed by atoms with E-state index < -0.39 is 20.2 Å². The van der Waals surface area contributed by atoms with Crippen LogP contribution in [0.2, 0.25) is 0 Å². The van der Waals surface area contributed by atoms with Gasteiger partial charge in [0.15, 0.2) is 5.03 Å². The minimum absolute atomic E-state index is 0.00131. The number of aryl methyl sites for hydroxylation is 2. The molecule has 0 spiro atoms. The molecule has 1 aromatic rings. The maximum Gasteiger partial charge on any atom is 0.281 e. The first-order valence-electron chi connectivity index (χ1n) is 7.24. The Kier molecular flexibility index (Phi) is 5.16. The maximum atomic E-state index is 12.7. The molecule has 1 aliphatic rings. The molecule has 0 radical (unpaired) electrons. The third-order valence-electron chi connectivity index (χ3n) is 3.89. The molecule has 0 amide bonds. The molecule has 0 atom stereocenters. The van der Waals surface area contributed by atoms with Crippen molar-refractivity contribution in [3.8, 4) is 0 Å². The topological polar surface area (TPSA) is 95.8 Å². The standard InChI is InChI=1S/C12H23N5O4S2/c1-11-13-12(10-15(11)4)22(18,19)16-6-5-7-17(9-8-16)23(20,21)14(2)3/h10H,5-9H2,1-4H3. The minimum Gasteiger partial charge on any atom is -0.337 e. The Balaban J connectivity index is 2.20. The first-order valence-corrected chi connectivity index (χ1v) is 10.1. The van der Waals surface area contributed by atoms with Gasteiger partial charge in [-0.05, 0) is 13.3 Å². The van der Waals surface area contributed by atoms with Crippen molar-refractivity contribution in [3.05, 3.63) is 12.0 Å². The third-order valence-corrected chi connectivity index (χ3v) is 7.60. The van der Waals surface area contributed by atoms with Crippen molar-refractivity contribution in [1.82, 2.24) is 22.5 Å². The van der Waals surface area contributed by atoms with Gasteiger partial charge in [0.05, 0.1) is 0 Å². The molecular formula is C12H23N5O4S2. The Morgan fingerprint density at radius 2 is 1.61 bits per heavy atom. The summed E-state index contributed by atoms with van der Waals surface area (Å²) in [5.74, 6) is 0.607. The highest BCUT2D eigenvalue weighted by Crippen LogP contribution is 2.18. The monoisotopic (exact) mass is 365 g/mol. The van der Waals surface area contributed by atoms with E-state index in [0.717, 1.165) is 4.31 Å². The number of sulfonamides is 1. The molecule has 11 heteroatoms. The van der Waals surface area contributed by atoms with E-state index in [0.29, 0.717) is 18.8 Å². The Bertz CT molecular complexity index is 750. The molecule has 2 heterocycles. The van der Waals surface area contributed by atoms with Crippen LogP contribution in [0.4, 0.5) is 0 Å². The zero-order valence-corrected chi connectivity index (χ0v) is 15.4. The van der Waals surface area contributed by atoms with Gasteiger partial charge in [-0.2, -0.15) is 21.3 Å². The Hall–Kier alpha value is -1.01. The second kappa shape index (κ2) is 6.48. The maximum absolute atomic E-state index is 12.7. The van der Waals surface area contributed by atoms with Crippen LogP contribution in [0.25, 0.3) is 0 Å². The van der Waals surface area contributed by atoms with Crippen LogP contribution in [0, 0.1) is 6.92 Å². The molecule has 1 aromatic heterocycles. The summed E-state index contributed by atoms with van der Waals surface area (Å²) in [5.41, 5.74) is 0. The zero-order chi connectivity index (χ0) is 17.4. The summed E-state index contributed by atoms with van der Waals surface area (Å²) in [7, 11) is -2.59. The number of rotatable bonds is 4. The van der Waals surface area contributed by atoms with Gasteiger partial charge in [-0.15, -0.1) is 0 Å². The lowest BCUT2D eigenvalue weighted by atomic mass is 10.4. The summed E-state index contributed by atoms with van der Waals surface area (Å²) in [4.78, 5) is 4.08. The van der Waals surface area contributed by atoms with Crippen molar-refractivity contribution in [1.29, 1.82) is 0 Å². The average molecular weight is 365 g/mol. The molecule has 1 fully saturated rings. The lowest BCUT2D eigenvalue weighted by molar-refractivity contribution is 0.378. The Morgan fingerprint density at radius 1 is 1.04 bits per heavy atom. The lowest BCUT2D eigenvalue weighted by Gasteiger charge is -2.24. The van der Waals surface area contributed by atoms with E-state index in [9.17, 15) is 16.8 Å². The fourth-order valence-electron chi connectivity index (χ4n) is 2.35. The van der Waals surface area contributed by atoms with E-state index in [2.05, 4.69) is 4.98 Å². The number of nitrogens with zero attached hydrogens (tertiary/aromatic N) is 5. The van der Waals surface area contributed by atoms with Crippen LogP contribution in [-0.4, -0.2) is 79.6 Å². The second-order valence-corrected chi connectivity index (χ2v) is 9.71. The summed E-state index contributed by atoms with van der Waals surface area (Å²) in [5, 5.41) is 0.00131. The summed E-state index contributed by atoms with van der Waals surface area (Å²) < 4.78 is 55.1. The molecule has 9 nitrogen and oxygen atoms in total. The van der Waals surface area contributed by atoms with Crippen LogP contribution >= 0.6 is 0 Å². The van der Waals surface area contributed by atoms with Gasteiger partial charge in [0.25, 0.3) is 20.2 Å². The molecule has 23 heavy (non-hydrogen) atoms.